The van der Waals surface area contributed by atoms with Gasteiger partial charge in [-0.25, -0.2) is 4.79 Å². The second-order valence-corrected chi connectivity index (χ2v) is 13.8. The fraction of sp³-hybridized carbons (Fsp3) is 0.688. The molecule has 7 nitrogen and oxygen atoms in total. The van der Waals surface area contributed by atoms with E-state index in [1.807, 2.05) is 26.8 Å². The van der Waals surface area contributed by atoms with Gasteiger partial charge < -0.3 is 29.1 Å². The Kier molecular flexibility index (Phi) is 8.41. The van der Waals surface area contributed by atoms with Crippen LogP contribution in [0.4, 0.5) is 0 Å². The third-order valence-corrected chi connectivity index (χ3v) is 10.8. The van der Waals surface area contributed by atoms with Crippen LogP contribution in [-0.4, -0.2) is 47.8 Å². The second kappa shape index (κ2) is 10.9. The van der Waals surface area contributed by atoms with E-state index in [1.165, 1.54) is 0 Å². The van der Waals surface area contributed by atoms with Gasteiger partial charge in [-0.3, -0.25) is 0 Å². The van der Waals surface area contributed by atoms with Crippen molar-refractivity contribution in [3.63, 3.8) is 0 Å². The monoisotopic (exact) mass is 554 g/mol. The smallest absolute Gasteiger partial charge is 0.482 e. The quantitative estimate of drug-likeness (QED) is 0.273. The molecular weight excluding hydrogens is 507 g/mol. The predicted molar refractivity (Wildman–Crippen MR) is 155 cm³/mol. The molecule has 1 aromatic rings. The van der Waals surface area contributed by atoms with Crippen molar-refractivity contribution in [2.45, 2.75) is 105 Å². The number of rotatable bonds is 8. The van der Waals surface area contributed by atoms with Crippen LogP contribution in [0, 0.1) is 28.1 Å². The molecule has 220 valence electrons. The van der Waals surface area contributed by atoms with Crippen molar-refractivity contribution in [1.29, 1.82) is 0 Å². The van der Waals surface area contributed by atoms with Gasteiger partial charge in [-0.2, -0.15) is 0 Å². The van der Waals surface area contributed by atoms with Crippen LogP contribution >= 0.6 is 0 Å². The highest BCUT2D eigenvalue weighted by Crippen LogP contribution is 2.62. The number of Topliss-reactive ketones (excluding diaryl/α,β-unsaturated/α-hetero) is 1. The number of benzene rings is 1. The van der Waals surface area contributed by atoms with Crippen molar-refractivity contribution in [2.24, 2.45) is 28.1 Å². The van der Waals surface area contributed by atoms with Crippen LogP contribution in [0.1, 0.15) is 92.6 Å². The zero-order chi connectivity index (χ0) is 29.7. The minimum atomic E-state index is -1.04. The summed E-state index contributed by atoms with van der Waals surface area (Å²) in [7, 11) is -1.04. The van der Waals surface area contributed by atoms with Gasteiger partial charge in [-0.05, 0) is 93.3 Å². The normalized spacial score (nSPS) is 36.7. The summed E-state index contributed by atoms with van der Waals surface area (Å²) >= 11 is 0. The lowest BCUT2D eigenvalue weighted by Gasteiger charge is -2.60. The molecule has 1 heterocycles. The Balaban J connectivity index is 1.57. The van der Waals surface area contributed by atoms with Gasteiger partial charge in [0.15, 0.2) is 6.61 Å². The Morgan fingerprint density at radius 3 is 2.58 bits per heavy atom. The highest BCUT2D eigenvalue weighted by molar-refractivity contribution is 6.62. The van der Waals surface area contributed by atoms with Crippen molar-refractivity contribution < 1.29 is 33.8 Å². The molecule has 8 heteroatoms. The number of hydrogen-bond donors (Lipinski definition) is 2. The molecule has 0 unspecified atom stereocenters. The fourth-order valence-electron chi connectivity index (χ4n) is 7.70. The average Bonchev–Trinajstić information content (AvgIpc) is 3.13. The Hall–Kier alpha value is -2.16. The third kappa shape index (κ3) is 5.51. The molecule has 4 rings (SSSR count). The minimum Gasteiger partial charge on any atom is -0.482 e. The summed E-state index contributed by atoms with van der Waals surface area (Å²) in [6.07, 6.45) is 4.94. The number of aliphatic hydroxyl groups is 1. The zero-order valence-corrected chi connectivity index (χ0v) is 25.3. The summed E-state index contributed by atoms with van der Waals surface area (Å²) in [5, 5.41) is 22.0. The summed E-state index contributed by atoms with van der Waals surface area (Å²) in [4.78, 5) is 25.3. The van der Waals surface area contributed by atoms with E-state index in [0.717, 1.165) is 24.8 Å². The number of ketones is 1. The van der Waals surface area contributed by atoms with Crippen molar-refractivity contribution >= 4 is 24.3 Å². The number of hydrogen-bond acceptors (Lipinski definition) is 7. The van der Waals surface area contributed by atoms with Gasteiger partial charge in [-0.1, -0.05) is 39.8 Å². The summed E-state index contributed by atoms with van der Waals surface area (Å²) in [5.41, 5.74) is -0.340. The molecule has 2 saturated carbocycles. The highest BCUT2D eigenvalue weighted by atomic mass is 16.6. The average molecular weight is 555 g/mol. The van der Waals surface area contributed by atoms with Crippen molar-refractivity contribution in [3.8, 4) is 5.75 Å². The summed E-state index contributed by atoms with van der Waals surface area (Å²) in [6.45, 7) is 17.7. The number of carbonyl (C=O) groups excluding carboxylic acids is 2. The standard InChI is InChI=1S/C32H47BO7/c1-9-30(7)17-26(31(8)19-32(14-12-20(31)2,15-13-21(3)34)22(4)28(30)36)39-27(35)18-38-23-10-11-24-25(16-23)33(37)40-29(24,5)6/h9-11,16,20,22,26,28,36-37H,1,12-15,17-19H2,2-8H3/t20-,22+,26-,28+,30-,31+,32-/m1/s1. The van der Waals surface area contributed by atoms with Gasteiger partial charge in [-0.15, -0.1) is 6.58 Å². The van der Waals surface area contributed by atoms with Crippen molar-refractivity contribution in [2.75, 3.05) is 6.61 Å². The van der Waals surface area contributed by atoms with E-state index in [1.54, 1.807) is 25.1 Å². The molecule has 0 radical (unpaired) electrons. The van der Waals surface area contributed by atoms with Crippen molar-refractivity contribution in [1.82, 2.24) is 0 Å². The number of aliphatic hydroxyl groups excluding tert-OH is 1. The van der Waals surface area contributed by atoms with Crippen LogP contribution in [0.2, 0.25) is 0 Å². The van der Waals surface area contributed by atoms with Crippen LogP contribution in [-0.2, 0) is 24.6 Å². The molecule has 2 fully saturated rings. The van der Waals surface area contributed by atoms with Crippen LogP contribution in [0.5, 0.6) is 5.75 Å². The Morgan fingerprint density at radius 1 is 1.23 bits per heavy atom. The first-order chi connectivity index (χ1) is 18.6. The summed E-state index contributed by atoms with van der Waals surface area (Å²) in [6, 6.07) is 5.33. The molecule has 0 spiro atoms. The molecule has 1 aliphatic heterocycles. The first-order valence-corrected chi connectivity index (χ1v) is 14.7. The van der Waals surface area contributed by atoms with Gasteiger partial charge >= 0.3 is 13.1 Å². The zero-order valence-electron chi connectivity index (χ0n) is 25.3. The molecule has 2 N–H and O–H groups in total. The minimum absolute atomic E-state index is 0.0363. The molecule has 1 aromatic carbocycles. The van der Waals surface area contributed by atoms with E-state index < -0.39 is 36.3 Å². The number of esters is 1. The van der Waals surface area contributed by atoms with Crippen LogP contribution < -0.4 is 10.2 Å². The molecule has 2 aliphatic carbocycles. The SMILES string of the molecule is C=C[C@]1(C)C[C@@H](OC(=O)COc2ccc3c(c2)B(O)OC3(C)C)[C@@]2(C)C[C@](CCC(C)=O)(CC[C@H]2C)[C@@H](C)[C@@H]1O. The number of ether oxygens (including phenoxy) is 2. The molecular formula is C32H47BO7. The maximum Gasteiger partial charge on any atom is 0.492 e. The Bertz CT molecular complexity index is 1150. The van der Waals surface area contributed by atoms with Crippen molar-refractivity contribution in [3.05, 3.63) is 36.4 Å². The van der Waals surface area contributed by atoms with Gasteiger partial charge in [0.2, 0.25) is 0 Å². The lowest BCUT2D eigenvalue weighted by molar-refractivity contribution is -0.190. The molecule has 0 amide bonds. The van der Waals surface area contributed by atoms with E-state index in [9.17, 15) is 19.7 Å². The third-order valence-electron chi connectivity index (χ3n) is 10.8. The van der Waals surface area contributed by atoms with E-state index in [-0.39, 0.29) is 35.1 Å². The molecule has 0 saturated heterocycles. The lowest BCUT2D eigenvalue weighted by atomic mass is 9.47. The van der Waals surface area contributed by atoms with Gasteiger partial charge in [0.1, 0.15) is 17.6 Å². The van der Waals surface area contributed by atoms with E-state index in [0.29, 0.717) is 30.5 Å². The van der Waals surface area contributed by atoms with Crippen LogP contribution in [0.3, 0.4) is 0 Å². The van der Waals surface area contributed by atoms with Gasteiger partial charge in [0, 0.05) is 17.3 Å². The maximum absolute atomic E-state index is 13.3. The van der Waals surface area contributed by atoms with Crippen LogP contribution in [0.15, 0.2) is 30.9 Å². The van der Waals surface area contributed by atoms with Gasteiger partial charge in [0.05, 0.1) is 11.7 Å². The van der Waals surface area contributed by atoms with Gasteiger partial charge in [0.25, 0.3) is 0 Å². The maximum atomic E-state index is 13.3. The first-order valence-electron chi connectivity index (χ1n) is 14.7. The van der Waals surface area contributed by atoms with E-state index in [4.69, 9.17) is 14.1 Å². The Labute approximate surface area is 239 Å². The summed E-state index contributed by atoms with van der Waals surface area (Å²) in [5.74, 6) is 0.375. The topological polar surface area (TPSA) is 102 Å². The lowest BCUT2D eigenvalue weighted by Crippen LogP contribution is -2.58. The predicted octanol–water partition coefficient (Wildman–Crippen LogP) is 4.70. The first kappa shape index (κ1) is 30.8. The second-order valence-electron chi connectivity index (χ2n) is 13.8. The number of carbonyl (C=O) groups is 2. The molecule has 7 atom stereocenters. The molecule has 3 aliphatic rings. The molecule has 40 heavy (non-hydrogen) atoms. The fourth-order valence-corrected chi connectivity index (χ4v) is 7.70. The number of fused-ring (bicyclic) bond motifs is 3. The van der Waals surface area contributed by atoms with E-state index >= 15 is 0 Å². The molecule has 0 aromatic heterocycles. The van der Waals surface area contributed by atoms with E-state index in [2.05, 4.69) is 27.4 Å². The largest absolute Gasteiger partial charge is 0.492 e. The molecule has 2 bridgehead atoms. The Morgan fingerprint density at radius 2 is 1.93 bits per heavy atom. The summed E-state index contributed by atoms with van der Waals surface area (Å²) < 4.78 is 17.7. The highest BCUT2D eigenvalue weighted by Gasteiger charge is 2.58. The van der Waals surface area contributed by atoms with Crippen LogP contribution in [0.25, 0.3) is 0 Å².